The zero-order valence-corrected chi connectivity index (χ0v) is 15.6. The van der Waals surface area contributed by atoms with Crippen LogP contribution in [0.25, 0.3) is 0 Å². The molecule has 2 aromatic rings. The number of likely N-dealkylation sites (N-methyl/N-ethyl adjacent to an activating group) is 1. The molecule has 10 heteroatoms. The van der Waals surface area contributed by atoms with Crippen LogP contribution in [0, 0.1) is 0 Å². The third-order valence-electron chi connectivity index (χ3n) is 3.42. The van der Waals surface area contributed by atoms with Gasteiger partial charge in [-0.2, -0.15) is 0 Å². The van der Waals surface area contributed by atoms with Crippen molar-refractivity contribution in [1.82, 2.24) is 10.9 Å². The van der Waals surface area contributed by atoms with Crippen LogP contribution in [0.1, 0.15) is 10.6 Å². The van der Waals surface area contributed by atoms with Gasteiger partial charge in [0.1, 0.15) is 5.75 Å². The van der Waals surface area contributed by atoms with Crippen LogP contribution in [0.3, 0.4) is 0 Å². The Kier molecular flexibility index (Phi) is 7.21. The van der Waals surface area contributed by atoms with Crippen molar-refractivity contribution >= 4 is 35.0 Å². The number of rotatable bonds is 7. The van der Waals surface area contributed by atoms with E-state index in [2.05, 4.69) is 16.2 Å². The molecule has 0 aliphatic heterocycles. The van der Waals surface area contributed by atoms with E-state index in [1.807, 2.05) is 0 Å². The van der Waals surface area contributed by atoms with Gasteiger partial charge in [-0.1, -0.05) is 11.6 Å². The van der Waals surface area contributed by atoms with Crippen molar-refractivity contribution in [3.05, 3.63) is 47.4 Å². The zero-order valence-electron chi connectivity index (χ0n) is 14.8. The van der Waals surface area contributed by atoms with Crippen LogP contribution >= 0.6 is 11.6 Å². The highest BCUT2D eigenvalue weighted by Crippen LogP contribution is 2.27. The first-order valence-corrected chi connectivity index (χ1v) is 8.34. The maximum Gasteiger partial charge on any atom is 0.305 e. The largest absolute Gasteiger partial charge is 0.495 e. The lowest BCUT2D eigenvalue weighted by atomic mass is 10.3. The van der Waals surface area contributed by atoms with Crippen LogP contribution in [0.4, 0.5) is 5.69 Å². The highest BCUT2D eigenvalue weighted by atomic mass is 35.5. The summed E-state index contributed by atoms with van der Waals surface area (Å²) in [5, 5.41) is 3.15. The van der Waals surface area contributed by atoms with Crippen molar-refractivity contribution in [1.29, 1.82) is 0 Å². The topological polar surface area (TPSA) is 114 Å². The first-order valence-electron chi connectivity index (χ1n) is 7.96. The van der Waals surface area contributed by atoms with Crippen LogP contribution in [-0.4, -0.2) is 45.0 Å². The van der Waals surface area contributed by atoms with Gasteiger partial charge >= 0.3 is 5.91 Å². The lowest BCUT2D eigenvalue weighted by molar-refractivity contribution is -0.862. The standard InChI is InChI=1S/C17H19ClN4O5/c1-22(10-16(24)20-21-17(25)14-4-3-7-27-14)9-15(23)19-12-8-11(18)5-6-13(12)26-2/h3-8H,9-10H2,1-2H3,(H,19,23)(H,20,24)(H,21,25)/p+1. The van der Waals surface area contributed by atoms with E-state index in [0.29, 0.717) is 21.4 Å². The second-order valence-corrected chi connectivity index (χ2v) is 6.12. The van der Waals surface area contributed by atoms with Gasteiger partial charge in [-0.05, 0) is 30.3 Å². The third kappa shape index (κ3) is 6.32. The number of carbonyl (C=O) groups is 3. The SMILES string of the molecule is COc1ccc(Cl)cc1NC(=O)C[NH+](C)CC(=O)NNC(=O)c1ccco1. The minimum atomic E-state index is -0.572. The summed E-state index contributed by atoms with van der Waals surface area (Å²) in [6.07, 6.45) is 1.35. The van der Waals surface area contributed by atoms with E-state index in [0.717, 1.165) is 0 Å². The van der Waals surface area contributed by atoms with E-state index < -0.39 is 11.8 Å². The minimum Gasteiger partial charge on any atom is -0.495 e. The van der Waals surface area contributed by atoms with Crippen LogP contribution in [0.15, 0.2) is 41.0 Å². The Morgan fingerprint density at radius 2 is 1.89 bits per heavy atom. The average molecular weight is 396 g/mol. The van der Waals surface area contributed by atoms with Gasteiger partial charge in [-0.3, -0.25) is 25.2 Å². The van der Waals surface area contributed by atoms with E-state index in [4.69, 9.17) is 20.8 Å². The number of quaternary nitrogens is 1. The minimum absolute atomic E-state index is 0.0230. The summed E-state index contributed by atoms with van der Waals surface area (Å²) in [6.45, 7) is -0.00620. The van der Waals surface area contributed by atoms with Crippen molar-refractivity contribution in [3.8, 4) is 5.75 Å². The molecule has 0 saturated heterocycles. The number of carbonyl (C=O) groups excluding carboxylic acids is 3. The van der Waals surface area contributed by atoms with Crippen molar-refractivity contribution in [2.45, 2.75) is 0 Å². The Morgan fingerprint density at radius 3 is 2.56 bits per heavy atom. The number of amides is 3. The molecule has 1 unspecified atom stereocenters. The van der Waals surface area contributed by atoms with Gasteiger partial charge in [0.25, 0.3) is 11.8 Å². The molecule has 9 nitrogen and oxygen atoms in total. The van der Waals surface area contributed by atoms with E-state index in [1.54, 1.807) is 31.3 Å². The number of halogens is 1. The molecule has 27 heavy (non-hydrogen) atoms. The highest BCUT2D eigenvalue weighted by Gasteiger charge is 2.17. The molecule has 1 aromatic carbocycles. The number of anilines is 1. The fourth-order valence-corrected chi connectivity index (χ4v) is 2.40. The lowest BCUT2D eigenvalue weighted by Crippen LogP contribution is -3.11. The summed E-state index contributed by atoms with van der Waals surface area (Å²) in [6, 6.07) is 7.89. The van der Waals surface area contributed by atoms with E-state index in [1.165, 1.54) is 19.4 Å². The molecule has 0 fully saturated rings. The molecule has 0 spiro atoms. The molecule has 0 aliphatic rings. The summed E-state index contributed by atoms with van der Waals surface area (Å²) in [5.41, 5.74) is 4.93. The van der Waals surface area contributed by atoms with Gasteiger partial charge in [0.15, 0.2) is 18.8 Å². The lowest BCUT2D eigenvalue weighted by Gasteiger charge is -2.15. The van der Waals surface area contributed by atoms with E-state index in [9.17, 15) is 14.4 Å². The number of furan rings is 1. The summed E-state index contributed by atoms with van der Waals surface area (Å²) in [4.78, 5) is 36.3. The normalized spacial score (nSPS) is 11.4. The predicted octanol–water partition coefficient (Wildman–Crippen LogP) is -0.144. The van der Waals surface area contributed by atoms with Crippen molar-refractivity contribution < 1.29 is 28.4 Å². The van der Waals surface area contributed by atoms with Gasteiger partial charge in [0.05, 0.1) is 26.1 Å². The second-order valence-electron chi connectivity index (χ2n) is 5.68. The van der Waals surface area contributed by atoms with Gasteiger partial charge in [0, 0.05) is 5.02 Å². The van der Waals surface area contributed by atoms with E-state index >= 15 is 0 Å². The molecule has 1 atom stereocenters. The van der Waals surface area contributed by atoms with Gasteiger partial charge in [-0.15, -0.1) is 0 Å². The van der Waals surface area contributed by atoms with Crippen LogP contribution in [-0.2, 0) is 9.59 Å². The molecule has 0 radical (unpaired) electrons. The smallest absolute Gasteiger partial charge is 0.305 e. The summed E-state index contributed by atoms with van der Waals surface area (Å²) < 4.78 is 10.1. The first kappa shape index (κ1) is 20.3. The summed E-state index contributed by atoms with van der Waals surface area (Å²) >= 11 is 5.92. The predicted molar refractivity (Wildman–Crippen MR) is 97.6 cm³/mol. The molecule has 2 rings (SSSR count). The summed E-state index contributed by atoms with van der Waals surface area (Å²) in [7, 11) is 3.15. The third-order valence-corrected chi connectivity index (χ3v) is 3.66. The van der Waals surface area contributed by atoms with Gasteiger partial charge in [-0.25, -0.2) is 0 Å². The monoisotopic (exact) mass is 395 g/mol. The second kappa shape index (κ2) is 9.60. The number of hydrazine groups is 1. The average Bonchev–Trinajstić information content (AvgIpc) is 3.14. The molecule has 3 amide bonds. The Balaban J connectivity index is 1.78. The molecule has 4 N–H and O–H groups in total. The molecule has 0 aliphatic carbocycles. The Labute approximate surface area is 160 Å². The van der Waals surface area contributed by atoms with Crippen LogP contribution < -0.4 is 25.8 Å². The number of nitrogens with one attached hydrogen (secondary N) is 4. The maximum absolute atomic E-state index is 12.2. The molecule has 144 valence electrons. The molecule has 0 saturated carbocycles. The fraction of sp³-hybridized carbons (Fsp3) is 0.235. The van der Waals surface area contributed by atoms with Crippen molar-refractivity contribution in [3.63, 3.8) is 0 Å². The zero-order chi connectivity index (χ0) is 19.8. The Bertz CT molecular complexity index is 810. The van der Waals surface area contributed by atoms with Crippen LogP contribution in [0.5, 0.6) is 5.75 Å². The Hall–Kier alpha value is -3.04. The number of methoxy groups -OCH3 is 1. The van der Waals surface area contributed by atoms with Gasteiger partial charge in [0.2, 0.25) is 0 Å². The quantitative estimate of drug-likeness (QED) is 0.487. The molecular weight excluding hydrogens is 376 g/mol. The van der Waals surface area contributed by atoms with Crippen molar-refractivity contribution in [2.75, 3.05) is 32.6 Å². The first-order chi connectivity index (χ1) is 12.9. The molecular formula is C17H20ClN4O5+. The summed E-state index contributed by atoms with van der Waals surface area (Å²) in [5.74, 6) is -0.799. The molecule has 1 heterocycles. The highest BCUT2D eigenvalue weighted by molar-refractivity contribution is 6.31. The molecule has 0 bridgehead atoms. The maximum atomic E-state index is 12.2. The van der Waals surface area contributed by atoms with Crippen molar-refractivity contribution in [2.24, 2.45) is 0 Å². The fourth-order valence-electron chi connectivity index (χ4n) is 2.22. The number of benzene rings is 1. The number of hydrogen-bond donors (Lipinski definition) is 4. The molecule has 1 aromatic heterocycles. The van der Waals surface area contributed by atoms with Gasteiger partial charge < -0.3 is 19.4 Å². The Morgan fingerprint density at radius 1 is 1.15 bits per heavy atom. The number of hydrogen-bond acceptors (Lipinski definition) is 5. The number of ether oxygens (including phenoxy) is 1. The van der Waals surface area contributed by atoms with E-state index in [-0.39, 0.29) is 24.8 Å². The van der Waals surface area contributed by atoms with Crippen LogP contribution in [0.2, 0.25) is 5.02 Å².